The van der Waals surface area contributed by atoms with Crippen molar-refractivity contribution < 1.29 is 9.53 Å². The second kappa shape index (κ2) is 4.42. The summed E-state index contributed by atoms with van der Waals surface area (Å²) in [6.45, 7) is 0. The zero-order chi connectivity index (χ0) is 14.4. The van der Waals surface area contributed by atoms with Gasteiger partial charge in [-0.05, 0) is 35.4 Å². The molecule has 3 heteroatoms. The fraction of sp³-hybridized carbons (Fsp3) is 0.111. The van der Waals surface area contributed by atoms with Crippen LogP contribution in [0.2, 0.25) is 0 Å². The second-order valence-corrected chi connectivity index (χ2v) is 5.16. The lowest BCUT2D eigenvalue weighted by molar-refractivity contribution is 0.0600. The van der Waals surface area contributed by atoms with Gasteiger partial charge in [0.2, 0.25) is 0 Å². The number of carbonyl (C=O) groups excluding carboxylic acids is 1. The minimum atomic E-state index is -0.308. The molecule has 0 spiro atoms. The number of para-hydroxylation sites is 1. The zero-order valence-electron chi connectivity index (χ0n) is 11.6. The first-order chi connectivity index (χ1) is 10.3. The average Bonchev–Trinajstić information content (AvgIpc) is 2.92. The van der Waals surface area contributed by atoms with E-state index in [0.29, 0.717) is 5.56 Å². The van der Waals surface area contributed by atoms with Crippen LogP contribution in [0.15, 0.2) is 47.5 Å². The highest BCUT2D eigenvalue weighted by Gasteiger charge is 2.16. The third-order valence-corrected chi connectivity index (χ3v) is 4.00. The van der Waals surface area contributed by atoms with E-state index in [0.717, 1.165) is 27.9 Å². The zero-order valence-corrected chi connectivity index (χ0v) is 11.6. The number of benzene rings is 2. The van der Waals surface area contributed by atoms with Gasteiger partial charge >= 0.3 is 5.97 Å². The maximum Gasteiger partial charge on any atom is 0.337 e. The highest BCUT2D eigenvalue weighted by molar-refractivity contribution is 5.94. The molecular weight excluding hydrogens is 262 g/mol. The smallest absolute Gasteiger partial charge is 0.337 e. The Hall–Kier alpha value is -2.68. The molecule has 1 heterocycles. The maximum absolute atomic E-state index is 11.6. The highest BCUT2D eigenvalue weighted by atomic mass is 16.5. The first kappa shape index (κ1) is 12.1. The van der Waals surface area contributed by atoms with E-state index in [1.165, 1.54) is 17.9 Å². The van der Waals surface area contributed by atoms with Crippen LogP contribution < -0.4 is 21.0 Å². The Kier molecular flexibility index (Phi) is 2.54. The molecule has 0 fully saturated rings. The van der Waals surface area contributed by atoms with Crippen molar-refractivity contribution in [2.45, 2.75) is 6.42 Å². The van der Waals surface area contributed by atoms with Gasteiger partial charge in [-0.15, -0.1) is 0 Å². The third kappa shape index (κ3) is 1.74. The van der Waals surface area contributed by atoms with Crippen LogP contribution in [-0.4, -0.2) is 13.1 Å². The molecule has 3 nitrogen and oxygen atoms in total. The molecule has 2 aliphatic rings. The predicted octanol–water partition coefficient (Wildman–Crippen LogP) is 0.250. The molecule has 0 bridgehead atoms. The van der Waals surface area contributed by atoms with Crippen molar-refractivity contribution in [3.8, 4) is 0 Å². The molecule has 2 aromatic carbocycles. The largest absolute Gasteiger partial charge is 0.465 e. The Balaban J connectivity index is 2.04. The molecule has 1 aliphatic heterocycles. The molecule has 2 aromatic rings. The summed E-state index contributed by atoms with van der Waals surface area (Å²) in [6, 6.07) is 13.8. The lowest BCUT2D eigenvalue weighted by Crippen LogP contribution is -2.31. The Morgan fingerprint density at radius 3 is 2.86 bits per heavy atom. The molecule has 4 rings (SSSR count). The number of fused-ring (bicyclic) bond motifs is 3. The van der Waals surface area contributed by atoms with Gasteiger partial charge in [-0.25, -0.2) is 9.79 Å². The molecule has 0 amide bonds. The Morgan fingerprint density at radius 1 is 1.14 bits per heavy atom. The Morgan fingerprint density at radius 2 is 2.00 bits per heavy atom. The van der Waals surface area contributed by atoms with Gasteiger partial charge in [0.1, 0.15) is 0 Å². The van der Waals surface area contributed by atoms with Crippen molar-refractivity contribution in [1.29, 1.82) is 0 Å². The molecule has 0 atom stereocenters. The van der Waals surface area contributed by atoms with E-state index in [9.17, 15) is 4.79 Å². The Bertz CT molecular complexity index is 1020. The summed E-state index contributed by atoms with van der Waals surface area (Å²) in [5, 5.41) is 4.38. The van der Waals surface area contributed by atoms with E-state index in [1.54, 1.807) is 6.07 Å². The first-order valence-corrected chi connectivity index (χ1v) is 6.88. The number of rotatable bonds is 1. The maximum atomic E-state index is 11.6. The van der Waals surface area contributed by atoms with Gasteiger partial charge in [-0.2, -0.15) is 0 Å². The quantitative estimate of drug-likeness (QED) is 0.700. The summed E-state index contributed by atoms with van der Waals surface area (Å²) in [5.74, 6) is -0.308. The molecule has 0 saturated carbocycles. The van der Waals surface area contributed by atoms with Gasteiger partial charge in [0.25, 0.3) is 0 Å². The fourth-order valence-electron chi connectivity index (χ4n) is 2.98. The van der Waals surface area contributed by atoms with E-state index in [2.05, 4.69) is 12.1 Å². The molecule has 21 heavy (non-hydrogen) atoms. The van der Waals surface area contributed by atoms with Crippen molar-refractivity contribution in [2.24, 2.45) is 4.99 Å². The van der Waals surface area contributed by atoms with Crippen LogP contribution in [0.5, 0.6) is 0 Å². The van der Waals surface area contributed by atoms with Gasteiger partial charge in [0, 0.05) is 10.4 Å². The monoisotopic (exact) mass is 275 g/mol. The number of esters is 1. The number of carbonyl (C=O) groups is 1. The minimum Gasteiger partial charge on any atom is -0.465 e. The summed E-state index contributed by atoms with van der Waals surface area (Å²) in [5.41, 5.74) is 2.88. The van der Waals surface area contributed by atoms with Gasteiger partial charge < -0.3 is 4.74 Å². The first-order valence-electron chi connectivity index (χ1n) is 6.88. The summed E-state index contributed by atoms with van der Waals surface area (Å²) < 4.78 is 4.78. The molecular formula is C18H13NO2. The van der Waals surface area contributed by atoms with Crippen LogP contribution in [0.4, 0.5) is 0 Å². The van der Waals surface area contributed by atoms with Crippen molar-refractivity contribution in [2.75, 3.05) is 7.11 Å². The average molecular weight is 275 g/mol. The van der Waals surface area contributed by atoms with E-state index in [1.807, 2.05) is 30.3 Å². The number of methoxy groups -OCH3 is 1. The van der Waals surface area contributed by atoms with E-state index < -0.39 is 0 Å². The lowest BCUT2D eigenvalue weighted by Gasteiger charge is -2.08. The van der Waals surface area contributed by atoms with Gasteiger partial charge in [0.05, 0.1) is 23.7 Å². The summed E-state index contributed by atoms with van der Waals surface area (Å²) in [4.78, 5) is 16.4. The van der Waals surface area contributed by atoms with Crippen LogP contribution in [0.1, 0.15) is 16.8 Å². The molecule has 102 valence electrons. The number of nitrogens with zero attached hydrogens (tertiary/aromatic N) is 1. The molecule has 0 aromatic heterocycles. The van der Waals surface area contributed by atoms with Gasteiger partial charge in [-0.1, -0.05) is 30.3 Å². The Labute approximate surface area is 121 Å². The molecule has 0 N–H and O–H groups in total. The van der Waals surface area contributed by atoms with Gasteiger partial charge in [0.15, 0.2) is 0 Å². The van der Waals surface area contributed by atoms with E-state index >= 15 is 0 Å². The van der Waals surface area contributed by atoms with Crippen LogP contribution in [0.25, 0.3) is 17.3 Å². The summed E-state index contributed by atoms with van der Waals surface area (Å²) >= 11 is 0. The van der Waals surface area contributed by atoms with Gasteiger partial charge in [-0.3, -0.25) is 0 Å². The molecule has 1 aliphatic carbocycles. The lowest BCUT2D eigenvalue weighted by atomic mass is 9.98. The SMILES string of the molecule is COC(=O)c1ccc2c(c1)=CCC1=c3ccccc3=NC=21. The van der Waals surface area contributed by atoms with Crippen molar-refractivity contribution in [1.82, 2.24) is 0 Å². The van der Waals surface area contributed by atoms with E-state index in [-0.39, 0.29) is 5.97 Å². The standard InChI is InChI=1S/C18H13NO2/c1-21-18(20)12-7-8-13-11(10-12)6-9-15-14-4-2-3-5-16(14)19-17(13)15/h2-8,10H,9H2,1H3. The summed E-state index contributed by atoms with van der Waals surface area (Å²) in [6.07, 6.45) is 2.99. The predicted molar refractivity (Wildman–Crippen MR) is 80.2 cm³/mol. The second-order valence-electron chi connectivity index (χ2n) is 5.16. The van der Waals surface area contributed by atoms with Crippen LogP contribution in [0.3, 0.4) is 0 Å². The van der Waals surface area contributed by atoms with Crippen molar-refractivity contribution >= 4 is 23.3 Å². The van der Waals surface area contributed by atoms with E-state index in [4.69, 9.17) is 9.73 Å². The number of ether oxygens (including phenoxy) is 1. The molecule has 0 radical (unpaired) electrons. The molecule has 0 unspecified atom stereocenters. The fourth-order valence-corrected chi connectivity index (χ4v) is 2.98. The molecule has 0 saturated heterocycles. The van der Waals surface area contributed by atoms with Crippen LogP contribution in [-0.2, 0) is 4.74 Å². The van der Waals surface area contributed by atoms with Crippen molar-refractivity contribution in [3.05, 3.63) is 69.0 Å². The number of hydrogen-bond acceptors (Lipinski definition) is 3. The normalized spacial score (nSPS) is 14.5. The van der Waals surface area contributed by atoms with Crippen LogP contribution >= 0.6 is 0 Å². The highest BCUT2D eigenvalue weighted by Crippen LogP contribution is 2.19. The summed E-state index contributed by atoms with van der Waals surface area (Å²) in [7, 11) is 1.40. The topological polar surface area (TPSA) is 38.7 Å². The number of hydrogen-bond donors (Lipinski definition) is 0. The minimum absolute atomic E-state index is 0.308. The third-order valence-electron chi connectivity index (χ3n) is 4.00. The van der Waals surface area contributed by atoms with Crippen LogP contribution in [0, 0.1) is 0 Å². The van der Waals surface area contributed by atoms with Crippen molar-refractivity contribution in [3.63, 3.8) is 0 Å².